The Morgan fingerprint density at radius 3 is 1.29 bits per heavy atom. The first-order valence-electron chi connectivity index (χ1n) is 20.0. The SMILES string of the molecule is c1ccc(-c2nc(-c3ccc(-c4ccc5ccccc5c4)cc3)nc(-c3cc(-n4c5cc6ccccc6cc5c5cc6ccccc6cc54)c4ccccc4c3)n2)cc1. The second kappa shape index (κ2) is 13.3. The summed E-state index contributed by atoms with van der Waals surface area (Å²) in [7, 11) is 0. The summed E-state index contributed by atoms with van der Waals surface area (Å²) in [6, 6.07) is 73.6. The van der Waals surface area contributed by atoms with Gasteiger partial charge in [0.1, 0.15) is 0 Å². The predicted octanol–water partition coefficient (Wildman–Crippen LogP) is 14.2. The third kappa shape index (κ3) is 5.65. The third-order valence-electron chi connectivity index (χ3n) is 11.7. The minimum absolute atomic E-state index is 0.621. The molecular weight excluding hydrogens is 717 g/mol. The van der Waals surface area contributed by atoms with Crippen LogP contribution in [0.4, 0.5) is 0 Å². The van der Waals surface area contributed by atoms with E-state index in [-0.39, 0.29) is 0 Å². The number of rotatable bonds is 5. The molecule has 0 amide bonds. The van der Waals surface area contributed by atoms with Crippen LogP contribution in [0.25, 0.3) is 116 Å². The Hall–Kier alpha value is -7.95. The largest absolute Gasteiger partial charge is 0.309 e. The topological polar surface area (TPSA) is 43.6 Å². The average Bonchev–Trinajstić information content (AvgIpc) is 3.61. The molecule has 0 aliphatic rings. The summed E-state index contributed by atoms with van der Waals surface area (Å²) in [5.74, 6) is 1.88. The summed E-state index contributed by atoms with van der Waals surface area (Å²) in [4.78, 5) is 15.5. The second-order valence-electron chi connectivity index (χ2n) is 15.3. The van der Waals surface area contributed by atoms with Gasteiger partial charge in [-0.3, -0.25) is 0 Å². The number of aromatic nitrogens is 4. The highest BCUT2D eigenvalue weighted by atomic mass is 15.0. The normalized spacial score (nSPS) is 11.7. The molecule has 0 aliphatic heterocycles. The molecule has 0 saturated heterocycles. The molecule has 12 rings (SSSR count). The van der Waals surface area contributed by atoms with Crippen LogP contribution in [0.3, 0.4) is 0 Å². The van der Waals surface area contributed by atoms with Gasteiger partial charge in [-0.05, 0) is 91.3 Å². The zero-order valence-electron chi connectivity index (χ0n) is 31.9. The van der Waals surface area contributed by atoms with E-state index in [0.717, 1.165) is 49.7 Å². The van der Waals surface area contributed by atoms with Crippen molar-refractivity contribution in [3.05, 3.63) is 206 Å². The lowest BCUT2D eigenvalue weighted by atomic mass is 10.00. The zero-order valence-corrected chi connectivity index (χ0v) is 31.9. The van der Waals surface area contributed by atoms with Gasteiger partial charge in [-0.25, -0.2) is 15.0 Å². The molecule has 0 spiro atoms. The number of fused-ring (bicyclic) bond motifs is 7. The Balaban J connectivity index is 1.08. The van der Waals surface area contributed by atoms with Crippen molar-refractivity contribution in [2.24, 2.45) is 0 Å². The van der Waals surface area contributed by atoms with E-state index in [9.17, 15) is 0 Å². The Labute approximate surface area is 340 Å². The van der Waals surface area contributed by atoms with Crippen LogP contribution < -0.4 is 0 Å². The third-order valence-corrected chi connectivity index (χ3v) is 11.7. The predicted molar refractivity (Wildman–Crippen MR) is 246 cm³/mol. The molecule has 274 valence electrons. The van der Waals surface area contributed by atoms with Crippen LogP contribution in [0.1, 0.15) is 0 Å². The minimum Gasteiger partial charge on any atom is -0.309 e. The van der Waals surface area contributed by atoms with Gasteiger partial charge in [0.25, 0.3) is 0 Å². The highest BCUT2D eigenvalue weighted by Gasteiger charge is 2.19. The summed E-state index contributed by atoms with van der Waals surface area (Å²) in [5.41, 5.74) is 8.49. The molecule has 4 nitrogen and oxygen atoms in total. The quantitative estimate of drug-likeness (QED) is 0.176. The molecule has 0 unspecified atom stereocenters. The van der Waals surface area contributed by atoms with Crippen molar-refractivity contribution >= 4 is 64.9 Å². The Morgan fingerprint density at radius 1 is 0.254 bits per heavy atom. The van der Waals surface area contributed by atoms with Crippen LogP contribution in [-0.4, -0.2) is 19.5 Å². The molecule has 59 heavy (non-hydrogen) atoms. The molecule has 2 heterocycles. The summed E-state index contributed by atoms with van der Waals surface area (Å²) in [6.45, 7) is 0. The van der Waals surface area contributed by atoms with Crippen LogP contribution >= 0.6 is 0 Å². The fraction of sp³-hybridized carbons (Fsp3) is 0. The number of hydrogen-bond acceptors (Lipinski definition) is 3. The molecule has 0 bridgehead atoms. The van der Waals surface area contributed by atoms with E-state index in [1.807, 2.05) is 18.2 Å². The van der Waals surface area contributed by atoms with Gasteiger partial charge >= 0.3 is 0 Å². The second-order valence-corrected chi connectivity index (χ2v) is 15.3. The Bertz CT molecular complexity index is 3510. The summed E-state index contributed by atoms with van der Waals surface area (Å²) in [5, 5.41) is 12.0. The molecule has 0 aliphatic carbocycles. The van der Waals surface area contributed by atoms with Crippen LogP contribution in [0.2, 0.25) is 0 Å². The smallest absolute Gasteiger partial charge is 0.164 e. The lowest BCUT2D eigenvalue weighted by Gasteiger charge is -2.15. The van der Waals surface area contributed by atoms with Gasteiger partial charge in [-0.1, -0.05) is 164 Å². The van der Waals surface area contributed by atoms with Crippen molar-refractivity contribution in [2.75, 3.05) is 0 Å². The highest BCUT2D eigenvalue weighted by molar-refractivity contribution is 6.17. The first kappa shape index (κ1) is 33.2. The molecule has 0 fully saturated rings. The van der Waals surface area contributed by atoms with E-state index in [0.29, 0.717) is 17.5 Å². The lowest BCUT2D eigenvalue weighted by Crippen LogP contribution is -2.02. The van der Waals surface area contributed by atoms with E-state index in [2.05, 4.69) is 193 Å². The van der Waals surface area contributed by atoms with E-state index in [4.69, 9.17) is 15.0 Å². The van der Waals surface area contributed by atoms with Gasteiger partial charge < -0.3 is 4.57 Å². The van der Waals surface area contributed by atoms with E-state index >= 15 is 0 Å². The molecule has 0 atom stereocenters. The first-order valence-corrected chi connectivity index (χ1v) is 20.0. The molecule has 0 radical (unpaired) electrons. The monoisotopic (exact) mass is 750 g/mol. The van der Waals surface area contributed by atoms with Crippen LogP contribution in [0, 0.1) is 0 Å². The fourth-order valence-corrected chi connectivity index (χ4v) is 8.78. The van der Waals surface area contributed by atoms with Gasteiger partial charge in [0.05, 0.1) is 16.7 Å². The first-order chi connectivity index (χ1) is 29.2. The van der Waals surface area contributed by atoms with E-state index < -0.39 is 0 Å². The zero-order chi connectivity index (χ0) is 38.9. The van der Waals surface area contributed by atoms with Crippen LogP contribution in [-0.2, 0) is 0 Å². The van der Waals surface area contributed by atoms with E-state index in [1.165, 1.54) is 48.7 Å². The molecule has 4 heteroatoms. The average molecular weight is 751 g/mol. The summed E-state index contributed by atoms with van der Waals surface area (Å²) >= 11 is 0. The fourth-order valence-electron chi connectivity index (χ4n) is 8.78. The van der Waals surface area contributed by atoms with Crippen molar-refractivity contribution in [1.82, 2.24) is 19.5 Å². The highest BCUT2D eigenvalue weighted by Crippen LogP contribution is 2.40. The Morgan fingerprint density at radius 2 is 0.678 bits per heavy atom. The molecule has 0 N–H and O–H groups in total. The summed E-state index contributed by atoms with van der Waals surface area (Å²) < 4.78 is 2.45. The molecule has 10 aromatic carbocycles. The minimum atomic E-state index is 0.621. The van der Waals surface area contributed by atoms with Crippen molar-refractivity contribution in [3.8, 4) is 51.0 Å². The maximum absolute atomic E-state index is 5.25. The molecule has 2 aromatic heterocycles. The van der Waals surface area contributed by atoms with Crippen molar-refractivity contribution in [3.63, 3.8) is 0 Å². The number of nitrogens with zero attached hydrogens (tertiary/aromatic N) is 4. The lowest BCUT2D eigenvalue weighted by molar-refractivity contribution is 1.07. The van der Waals surface area contributed by atoms with Crippen molar-refractivity contribution < 1.29 is 0 Å². The van der Waals surface area contributed by atoms with Gasteiger partial charge in [-0.2, -0.15) is 0 Å². The standard InChI is InChI=1S/C55H34N4/c1-2-13-37(14-3-1)53-56-54(38-25-22-36(23-26-38)44-27-24-35-12-4-5-15-39(35)28-44)58-55(57-53)46-29-45-20-10-11-21-47(45)50(34-46)59-51-32-42-18-8-6-16-40(42)30-48(51)49-31-41-17-7-9-19-43(41)33-52(49)59/h1-34H. The van der Waals surface area contributed by atoms with Gasteiger partial charge in [0, 0.05) is 32.8 Å². The van der Waals surface area contributed by atoms with E-state index in [1.54, 1.807) is 0 Å². The maximum Gasteiger partial charge on any atom is 0.164 e. The molecular formula is C55H34N4. The van der Waals surface area contributed by atoms with Crippen LogP contribution in [0.5, 0.6) is 0 Å². The maximum atomic E-state index is 5.25. The van der Waals surface area contributed by atoms with Gasteiger partial charge in [-0.15, -0.1) is 0 Å². The van der Waals surface area contributed by atoms with Gasteiger partial charge in [0.15, 0.2) is 17.5 Å². The Kier molecular flexibility index (Phi) is 7.50. The van der Waals surface area contributed by atoms with Gasteiger partial charge in [0.2, 0.25) is 0 Å². The van der Waals surface area contributed by atoms with Crippen molar-refractivity contribution in [2.45, 2.75) is 0 Å². The summed E-state index contributed by atoms with van der Waals surface area (Å²) in [6.07, 6.45) is 0. The van der Waals surface area contributed by atoms with Crippen molar-refractivity contribution in [1.29, 1.82) is 0 Å². The molecule has 12 aromatic rings. The van der Waals surface area contributed by atoms with Crippen LogP contribution in [0.15, 0.2) is 206 Å². The molecule has 0 saturated carbocycles. The number of hydrogen-bond donors (Lipinski definition) is 0. The number of benzene rings is 10.